The van der Waals surface area contributed by atoms with Crippen molar-refractivity contribution in [1.29, 1.82) is 0 Å². The standard InChI is InChI=1S/C9H16N4/c1-13-6-5-11-9(13)12-7-8-3-2-4-10-8/h5-6,8,10H,2-4,7H2,1H3,(H,11,12). The summed E-state index contributed by atoms with van der Waals surface area (Å²) in [7, 11) is 2.00. The molecule has 1 fully saturated rings. The predicted molar refractivity (Wildman–Crippen MR) is 52.7 cm³/mol. The van der Waals surface area contributed by atoms with E-state index in [0.717, 1.165) is 19.0 Å². The Morgan fingerprint density at radius 3 is 3.31 bits per heavy atom. The second-order valence-electron chi connectivity index (χ2n) is 3.54. The van der Waals surface area contributed by atoms with E-state index in [4.69, 9.17) is 0 Å². The molecule has 1 aromatic heterocycles. The first-order valence-electron chi connectivity index (χ1n) is 4.81. The van der Waals surface area contributed by atoms with Gasteiger partial charge in [-0.25, -0.2) is 4.98 Å². The van der Waals surface area contributed by atoms with Crippen molar-refractivity contribution in [2.75, 3.05) is 18.4 Å². The van der Waals surface area contributed by atoms with Gasteiger partial charge in [-0.05, 0) is 19.4 Å². The van der Waals surface area contributed by atoms with Gasteiger partial charge in [-0.15, -0.1) is 0 Å². The van der Waals surface area contributed by atoms with E-state index < -0.39 is 0 Å². The van der Waals surface area contributed by atoms with Crippen LogP contribution in [0.15, 0.2) is 12.4 Å². The highest BCUT2D eigenvalue weighted by Gasteiger charge is 2.13. The number of aryl methyl sites for hydroxylation is 1. The number of aromatic nitrogens is 2. The molecule has 2 rings (SSSR count). The summed E-state index contributed by atoms with van der Waals surface area (Å²) in [4.78, 5) is 4.20. The van der Waals surface area contributed by atoms with Crippen LogP contribution in [-0.2, 0) is 7.05 Å². The van der Waals surface area contributed by atoms with E-state index in [2.05, 4.69) is 15.6 Å². The van der Waals surface area contributed by atoms with Crippen molar-refractivity contribution >= 4 is 5.95 Å². The van der Waals surface area contributed by atoms with Crippen LogP contribution in [0.2, 0.25) is 0 Å². The maximum atomic E-state index is 4.20. The summed E-state index contributed by atoms with van der Waals surface area (Å²) in [6, 6.07) is 0.622. The first-order chi connectivity index (χ1) is 6.36. The summed E-state index contributed by atoms with van der Waals surface area (Å²) in [6.07, 6.45) is 6.33. The van der Waals surface area contributed by atoms with Crippen molar-refractivity contribution in [3.05, 3.63) is 12.4 Å². The molecule has 0 spiro atoms. The molecule has 2 N–H and O–H groups in total. The normalized spacial score (nSPS) is 22.1. The average Bonchev–Trinajstić information content (AvgIpc) is 2.72. The Kier molecular flexibility index (Phi) is 2.49. The minimum absolute atomic E-state index is 0.622. The van der Waals surface area contributed by atoms with Crippen molar-refractivity contribution in [3.8, 4) is 0 Å². The fourth-order valence-corrected chi connectivity index (χ4v) is 1.68. The number of imidazole rings is 1. The van der Waals surface area contributed by atoms with Crippen LogP contribution in [0.5, 0.6) is 0 Å². The Hall–Kier alpha value is -1.03. The van der Waals surface area contributed by atoms with E-state index in [1.165, 1.54) is 12.8 Å². The minimum Gasteiger partial charge on any atom is -0.354 e. The minimum atomic E-state index is 0.622. The van der Waals surface area contributed by atoms with Crippen LogP contribution in [0.4, 0.5) is 5.95 Å². The zero-order valence-electron chi connectivity index (χ0n) is 7.95. The molecule has 1 atom stereocenters. The monoisotopic (exact) mass is 180 g/mol. The van der Waals surface area contributed by atoms with Gasteiger partial charge in [0.2, 0.25) is 5.95 Å². The molecule has 1 aliphatic heterocycles. The fourth-order valence-electron chi connectivity index (χ4n) is 1.68. The third-order valence-electron chi connectivity index (χ3n) is 2.49. The Labute approximate surface area is 78.4 Å². The molecule has 1 unspecified atom stereocenters. The Bertz CT molecular complexity index is 262. The Morgan fingerprint density at radius 1 is 1.77 bits per heavy atom. The molecule has 1 saturated heterocycles. The second-order valence-corrected chi connectivity index (χ2v) is 3.54. The zero-order chi connectivity index (χ0) is 9.10. The van der Waals surface area contributed by atoms with Gasteiger partial charge in [-0.2, -0.15) is 0 Å². The van der Waals surface area contributed by atoms with Gasteiger partial charge < -0.3 is 15.2 Å². The lowest BCUT2D eigenvalue weighted by Gasteiger charge is -2.11. The zero-order valence-corrected chi connectivity index (χ0v) is 7.95. The molecule has 0 amide bonds. The topological polar surface area (TPSA) is 41.9 Å². The molecule has 13 heavy (non-hydrogen) atoms. The van der Waals surface area contributed by atoms with Crippen molar-refractivity contribution in [3.63, 3.8) is 0 Å². The summed E-state index contributed by atoms with van der Waals surface area (Å²) < 4.78 is 1.99. The van der Waals surface area contributed by atoms with E-state index in [9.17, 15) is 0 Å². The molecular weight excluding hydrogens is 164 g/mol. The molecule has 0 radical (unpaired) electrons. The summed E-state index contributed by atoms with van der Waals surface area (Å²) in [6.45, 7) is 2.14. The fraction of sp³-hybridized carbons (Fsp3) is 0.667. The highest BCUT2D eigenvalue weighted by atomic mass is 15.2. The molecule has 0 saturated carbocycles. The van der Waals surface area contributed by atoms with Crippen molar-refractivity contribution in [1.82, 2.24) is 14.9 Å². The predicted octanol–water partition coefficient (Wildman–Crippen LogP) is 0.584. The SMILES string of the molecule is Cn1ccnc1NCC1CCCN1. The van der Waals surface area contributed by atoms with Crippen LogP contribution in [0.1, 0.15) is 12.8 Å². The first-order valence-corrected chi connectivity index (χ1v) is 4.81. The van der Waals surface area contributed by atoms with Gasteiger partial charge in [0.15, 0.2) is 0 Å². The summed E-state index contributed by atoms with van der Waals surface area (Å²) in [5.41, 5.74) is 0. The number of anilines is 1. The number of nitrogens with zero attached hydrogens (tertiary/aromatic N) is 2. The first kappa shape index (κ1) is 8.56. The van der Waals surface area contributed by atoms with E-state index >= 15 is 0 Å². The molecule has 4 nitrogen and oxygen atoms in total. The quantitative estimate of drug-likeness (QED) is 0.715. The molecule has 2 heterocycles. The number of nitrogens with one attached hydrogen (secondary N) is 2. The van der Waals surface area contributed by atoms with E-state index in [-0.39, 0.29) is 0 Å². The van der Waals surface area contributed by atoms with Gasteiger partial charge in [-0.3, -0.25) is 0 Å². The molecule has 0 aromatic carbocycles. The van der Waals surface area contributed by atoms with E-state index in [1.54, 1.807) is 0 Å². The molecule has 72 valence electrons. The lowest BCUT2D eigenvalue weighted by Crippen LogP contribution is -2.29. The maximum Gasteiger partial charge on any atom is 0.202 e. The van der Waals surface area contributed by atoms with Gasteiger partial charge in [0.25, 0.3) is 0 Å². The van der Waals surface area contributed by atoms with Crippen LogP contribution in [-0.4, -0.2) is 28.7 Å². The molecule has 1 aromatic rings. The van der Waals surface area contributed by atoms with Gasteiger partial charge >= 0.3 is 0 Å². The van der Waals surface area contributed by atoms with Gasteiger partial charge in [0.05, 0.1) is 0 Å². The number of hydrogen-bond donors (Lipinski definition) is 2. The van der Waals surface area contributed by atoms with Crippen molar-refractivity contribution in [2.45, 2.75) is 18.9 Å². The maximum absolute atomic E-state index is 4.20. The molecule has 0 bridgehead atoms. The van der Waals surface area contributed by atoms with Crippen LogP contribution in [0, 0.1) is 0 Å². The van der Waals surface area contributed by atoms with Crippen molar-refractivity contribution in [2.24, 2.45) is 7.05 Å². The second kappa shape index (κ2) is 3.79. The highest BCUT2D eigenvalue weighted by Crippen LogP contribution is 2.06. The largest absolute Gasteiger partial charge is 0.354 e. The van der Waals surface area contributed by atoms with Gasteiger partial charge in [0.1, 0.15) is 0 Å². The molecule has 4 heteroatoms. The third kappa shape index (κ3) is 2.01. The molecule has 1 aliphatic rings. The molecular formula is C9H16N4. The van der Waals surface area contributed by atoms with Gasteiger partial charge in [-0.1, -0.05) is 0 Å². The van der Waals surface area contributed by atoms with Crippen LogP contribution < -0.4 is 10.6 Å². The van der Waals surface area contributed by atoms with Gasteiger partial charge in [0, 0.05) is 32.0 Å². The number of rotatable bonds is 3. The summed E-state index contributed by atoms with van der Waals surface area (Å²) in [5.74, 6) is 0.953. The summed E-state index contributed by atoms with van der Waals surface area (Å²) in [5, 5.41) is 6.76. The lowest BCUT2D eigenvalue weighted by molar-refractivity contribution is 0.629. The van der Waals surface area contributed by atoms with Crippen LogP contribution in [0.25, 0.3) is 0 Å². The molecule has 0 aliphatic carbocycles. The smallest absolute Gasteiger partial charge is 0.202 e. The third-order valence-corrected chi connectivity index (χ3v) is 2.49. The van der Waals surface area contributed by atoms with E-state index in [0.29, 0.717) is 6.04 Å². The number of hydrogen-bond acceptors (Lipinski definition) is 3. The van der Waals surface area contributed by atoms with E-state index in [1.807, 2.05) is 24.0 Å². The van der Waals surface area contributed by atoms with Crippen LogP contribution in [0.3, 0.4) is 0 Å². The average molecular weight is 180 g/mol. The Morgan fingerprint density at radius 2 is 2.69 bits per heavy atom. The Balaban J connectivity index is 1.82. The van der Waals surface area contributed by atoms with Crippen LogP contribution >= 0.6 is 0 Å². The lowest BCUT2D eigenvalue weighted by atomic mass is 10.2. The summed E-state index contributed by atoms with van der Waals surface area (Å²) >= 11 is 0. The van der Waals surface area contributed by atoms with Crippen molar-refractivity contribution < 1.29 is 0 Å². The highest BCUT2D eigenvalue weighted by molar-refractivity contribution is 5.25.